The van der Waals surface area contributed by atoms with Crippen molar-refractivity contribution in [2.75, 3.05) is 0 Å². The molecular weight excluding hydrogens is 434 g/mol. The first-order valence-corrected chi connectivity index (χ1v) is 18.6. The highest BCUT2D eigenvalue weighted by Crippen LogP contribution is 2.72. The molecule has 0 heterocycles. The Labute approximate surface area is 210 Å². The van der Waals surface area contributed by atoms with E-state index in [1.807, 2.05) is 0 Å². The molecule has 0 saturated heterocycles. The van der Waals surface area contributed by atoms with Crippen LogP contribution in [0, 0.1) is 11.6 Å². The Balaban J connectivity index is 1.37. The lowest BCUT2D eigenvalue weighted by molar-refractivity contribution is 0.480. The van der Waals surface area contributed by atoms with E-state index in [4.69, 9.17) is 0 Å². The minimum Gasteiger partial charge on any atom is -0.0968 e. The largest absolute Gasteiger partial charge is 0.0968 e. The molecule has 5 fully saturated rings. The molecule has 33 heavy (non-hydrogen) atoms. The molecule has 0 aromatic heterocycles. The summed E-state index contributed by atoms with van der Waals surface area (Å²) in [6.45, 7) is 2.80. The first-order valence-electron chi connectivity index (χ1n) is 15.6. The SMILES string of the molecule is C[C@@H]([C]1CCC[C]1P(C1CCCCC1)C1CCCCC1)P(C1CCCCC1)C1CCCCC1. The first kappa shape index (κ1) is 25.5. The molecule has 0 unspecified atom stereocenters. The van der Waals surface area contributed by atoms with Gasteiger partial charge in [0.25, 0.3) is 0 Å². The highest BCUT2D eigenvalue weighted by molar-refractivity contribution is 7.63. The van der Waals surface area contributed by atoms with Gasteiger partial charge in [0.2, 0.25) is 0 Å². The molecule has 188 valence electrons. The second-order valence-corrected chi connectivity index (χ2v) is 18.5. The van der Waals surface area contributed by atoms with Gasteiger partial charge in [-0.2, -0.15) is 0 Å². The van der Waals surface area contributed by atoms with Gasteiger partial charge in [0.05, 0.1) is 0 Å². The van der Waals surface area contributed by atoms with Crippen molar-refractivity contribution in [1.82, 2.24) is 0 Å². The van der Waals surface area contributed by atoms with Gasteiger partial charge in [0.1, 0.15) is 0 Å². The average molecular weight is 489 g/mol. The lowest BCUT2D eigenvalue weighted by atomic mass is 9.99. The zero-order chi connectivity index (χ0) is 22.5. The summed E-state index contributed by atoms with van der Waals surface area (Å²) in [5, 5.41) is 0. The standard InChI is InChI=1S/C31H54P2/c1-25(32(26-15-6-2-7-16-26)27-17-8-3-9-18-27)30-23-14-24-31(30)33(28-19-10-4-11-20-28)29-21-12-5-13-22-29/h25-29H,2-24H2,1H3/t25-/m0/s1. The Kier molecular flexibility index (Phi) is 9.97. The maximum Gasteiger partial charge on any atom is 0.00802 e. The molecule has 1 atom stereocenters. The van der Waals surface area contributed by atoms with Crippen LogP contribution in [0.4, 0.5) is 0 Å². The van der Waals surface area contributed by atoms with Crippen LogP contribution in [0.2, 0.25) is 0 Å². The van der Waals surface area contributed by atoms with Gasteiger partial charge < -0.3 is 0 Å². The molecule has 2 heteroatoms. The normalized spacial score (nSPS) is 29.9. The lowest BCUT2D eigenvalue weighted by Gasteiger charge is -2.48. The molecule has 5 saturated carbocycles. The van der Waals surface area contributed by atoms with Crippen LogP contribution in [0.15, 0.2) is 0 Å². The van der Waals surface area contributed by atoms with Gasteiger partial charge in [0, 0.05) is 5.66 Å². The molecule has 0 spiro atoms. The van der Waals surface area contributed by atoms with Crippen molar-refractivity contribution in [2.24, 2.45) is 0 Å². The van der Waals surface area contributed by atoms with Crippen molar-refractivity contribution in [3.8, 4) is 0 Å². The molecule has 0 aliphatic heterocycles. The molecule has 0 aromatic rings. The van der Waals surface area contributed by atoms with Gasteiger partial charge in [-0.15, -0.1) is 0 Å². The summed E-state index contributed by atoms with van der Waals surface area (Å²) >= 11 is 0. The van der Waals surface area contributed by atoms with Crippen LogP contribution in [0.25, 0.3) is 0 Å². The number of hydrogen-bond donors (Lipinski definition) is 0. The van der Waals surface area contributed by atoms with Gasteiger partial charge >= 0.3 is 0 Å². The Morgan fingerprint density at radius 3 is 1.30 bits per heavy atom. The molecule has 5 rings (SSSR count). The fourth-order valence-electron chi connectivity index (χ4n) is 8.82. The third kappa shape index (κ3) is 6.23. The van der Waals surface area contributed by atoms with Gasteiger partial charge in [-0.1, -0.05) is 106 Å². The van der Waals surface area contributed by atoms with E-state index in [0.717, 1.165) is 28.3 Å². The molecular formula is C31H54P2. The maximum absolute atomic E-state index is 2.80. The molecule has 5 aliphatic carbocycles. The van der Waals surface area contributed by atoms with Crippen LogP contribution in [0.5, 0.6) is 0 Å². The van der Waals surface area contributed by atoms with Crippen molar-refractivity contribution in [2.45, 2.75) is 183 Å². The predicted molar refractivity (Wildman–Crippen MR) is 151 cm³/mol. The Bertz CT molecular complexity index is 515. The van der Waals surface area contributed by atoms with Crippen LogP contribution < -0.4 is 0 Å². The van der Waals surface area contributed by atoms with Crippen molar-refractivity contribution in [1.29, 1.82) is 0 Å². The molecule has 0 N–H and O–H groups in total. The van der Waals surface area contributed by atoms with Gasteiger partial charge in [-0.25, -0.2) is 0 Å². The monoisotopic (exact) mass is 488 g/mol. The van der Waals surface area contributed by atoms with E-state index in [9.17, 15) is 0 Å². The van der Waals surface area contributed by atoms with Gasteiger partial charge in [-0.3, -0.25) is 0 Å². The highest BCUT2D eigenvalue weighted by atomic mass is 31.1. The minimum atomic E-state index is 0.160. The Morgan fingerprint density at radius 1 is 0.485 bits per heavy atom. The van der Waals surface area contributed by atoms with Crippen molar-refractivity contribution < 1.29 is 0 Å². The summed E-state index contributed by atoms with van der Waals surface area (Å²) in [4.78, 5) is 0. The summed E-state index contributed by atoms with van der Waals surface area (Å²) in [6.07, 6.45) is 35.8. The molecule has 0 amide bonds. The Hall–Kier alpha value is 0.860. The molecule has 5 aliphatic rings. The van der Waals surface area contributed by atoms with E-state index < -0.39 is 0 Å². The van der Waals surface area contributed by atoms with Crippen LogP contribution in [-0.4, -0.2) is 28.3 Å². The zero-order valence-corrected chi connectivity index (χ0v) is 23.8. The summed E-state index contributed by atoms with van der Waals surface area (Å²) in [5.74, 6) is 2.11. The van der Waals surface area contributed by atoms with E-state index in [2.05, 4.69) is 18.5 Å². The quantitative estimate of drug-likeness (QED) is 0.313. The fraction of sp³-hybridized carbons (Fsp3) is 0.935. The first-order chi connectivity index (χ1) is 16.3. The van der Waals surface area contributed by atoms with Crippen LogP contribution in [0.1, 0.15) is 155 Å². The predicted octanol–water partition coefficient (Wildman–Crippen LogP) is 11.0. The second-order valence-electron chi connectivity index (χ2n) is 12.5. The summed E-state index contributed by atoms with van der Waals surface area (Å²) in [5.41, 5.74) is 7.61. The third-order valence-electron chi connectivity index (χ3n) is 10.4. The summed E-state index contributed by atoms with van der Waals surface area (Å²) in [6, 6.07) is 0. The molecule has 2 radical (unpaired) electrons. The van der Waals surface area contributed by atoms with Gasteiger partial charge in [0.15, 0.2) is 0 Å². The second kappa shape index (κ2) is 12.9. The zero-order valence-electron chi connectivity index (χ0n) is 22.0. The van der Waals surface area contributed by atoms with Crippen molar-refractivity contribution >= 4 is 15.8 Å². The van der Waals surface area contributed by atoms with E-state index in [1.165, 1.54) is 44.9 Å². The highest BCUT2D eigenvalue weighted by Gasteiger charge is 2.47. The van der Waals surface area contributed by atoms with Gasteiger partial charge in [-0.05, 0) is 98.4 Å². The molecule has 0 bridgehead atoms. The van der Waals surface area contributed by atoms with Crippen LogP contribution >= 0.6 is 15.8 Å². The maximum atomic E-state index is 2.80. The lowest BCUT2D eigenvalue weighted by Crippen LogP contribution is -2.31. The van der Waals surface area contributed by atoms with E-state index in [1.54, 1.807) is 103 Å². The van der Waals surface area contributed by atoms with E-state index in [0.29, 0.717) is 0 Å². The smallest absolute Gasteiger partial charge is 0.00802 e. The Morgan fingerprint density at radius 2 is 0.879 bits per heavy atom. The minimum absolute atomic E-state index is 0.160. The number of hydrogen-bond acceptors (Lipinski definition) is 0. The summed E-state index contributed by atoms with van der Waals surface area (Å²) in [7, 11) is 0.357. The molecule has 0 nitrogen and oxygen atoms in total. The van der Waals surface area contributed by atoms with E-state index >= 15 is 0 Å². The topological polar surface area (TPSA) is 0 Å². The average Bonchev–Trinajstić information content (AvgIpc) is 3.36. The van der Waals surface area contributed by atoms with Crippen molar-refractivity contribution in [3.63, 3.8) is 0 Å². The van der Waals surface area contributed by atoms with Crippen LogP contribution in [-0.2, 0) is 0 Å². The number of rotatable bonds is 7. The molecule has 0 aromatic carbocycles. The third-order valence-corrected chi connectivity index (χ3v) is 18.1. The van der Waals surface area contributed by atoms with Crippen molar-refractivity contribution in [3.05, 3.63) is 11.6 Å². The summed E-state index contributed by atoms with van der Waals surface area (Å²) < 4.78 is 0. The van der Waals surface area contributed by atoms with Crippen LogP contribution in [0.3, 0.4) is 0 Å². The fourth-order valence-corrected chi connectivity index (χ4v) is 17.7. The van der Waals surface area contributed by atoms with E-state index in [-0.39, 0.29) is 15.8 Å².